The van der Waals surface area contributed by atoms with Crippen molar-refractivity contribution in [3.05, 3.63) is 70.7 Å². The van der Waals surface area contributed by atoms with Crippen LogP contribution in [0, 0.1) is 11.2 Å². The number of piperidine rings is 2. The monoisotopic (exact) mass is 840 g/mol. The molecule has 4 fully saturated rings. The number of hydrogen-bond acceptors (Lipinski definition) is 12. The Morgan fingerprint density at radius 1 is 1.08 bits per heavy atom. The van der Waals surface area contributed by atoms with E-state index in [0.717, 1.165) is 107 Å². The first-order chi connectivity index (χ1) is 29.1. The minimum atomic E-state index is -0.470. The normalized spacial score (nSPS) is 22.1. The van der Waals surface area contributed by atoms with E-state index in [1.54, 1.807) is 14.1 Å². The van der Waals surface area contributed by atoms with Crippen LogP contribution in [-0.2, 0) is 26.3 Å². The Morgan fingerprint density at radius 2 is 1.87 bits per heavy atom. The van der Waals surface area contributed by atoms with Crippen LogP contribution >= 0.6 is 11.9 Å². The molecule has 2 saturated heterocycles. The third-order valence-corrected chi connectivity index (χ3v) is 14.4. The maximum atomic E-state index is 16.0. The van der Waals surface area contributed by atoms with Gasteiger partial charge in [-0.3, -0.25) is 34.5 Å². The van der Waals surface area contributed by atoms with E-state index in [2.05, 4.69) is 36.2 Å². The number of carbonyl (C=O) groups excluding carboxylic acids is 3. The van der Waals surface area contributed by atoms with Gasteiger partial charge in [-0.2, -0.15) is 4.98 Å². The molecule has 4 heterocycles. The Labute approximate surface area is 355 Å². The number of nitrogens with one attached hydrogen (secondary N) is 4. The first-order valence-corrected chi connectivity index (χ1v) is 22.3. The van der Waals surface area contributed by atoms with Gasteiger partial charge in [0.25, 0.3) is 0 Å². The predicted molar refractivity (Wildman–Crippen MR) is 231 cm³/mol. The van der Waals surface area contributed by atoms with Crippen LogP contribution in [0.15, 0.2) is 47.5 Å². The number of aromatic nitrogens is 2. The molecule has 0 bridgehead atoms. The summed E-state index contributed by atoms with van der Waals surface area (Å²) in [4.78, 5) is 52.8. The smallest absolute Gasteiger partial charge is 0.239 e. The number of fused-ring (bicyclic) bond motifs is 2. The summed E-state index contributed by atoms with van der Waals surface area (Å²) < 4.78 is 18.3. The van der Waals surface area contributed by atoms with E-state index in [4.69, 9.17) is 10.4 Å². The lowest BCUT2D eigenvalue weighted by Gasteiger charge is -2.34. The molecule has 320 valence electrons. The van der Waals surface area contributed by atoms with Crippen molar-refractivity contribution < 1.29 is 23.9 Å². The second-order valence-electron chi connectivity index (χ2n) is 17.0. The molecule has 3 aliphatic heterocycles. The summed E-state index contributed by atoms with van der Waals surface area (Å²) >= 11 is 1.48. The number of nitrogens with zero attached hydrogens (tertiary/aromatic N) is 6. The van der Waals surface area contributed by atoms with Gasteiger partial charge in [0, 0.05) is 87.4 Å². The van der Waals surface area contributed by atoms with Crippen molar-refractivity contribution in [1.82, 2.24) is 29.4 Å². The molecule has 3 aromatic rings. The number of anilines is 3. The molecule has 0 radical (unpaired) electrons. The van der Waals surface area contributed by atoms with E-state index in [9.17, 15) is 19.5 Å². The summed E-state index contributed by atoms with van der Waals surface area (Å²) in [6.07, 6.45) is 10.5. The van der Waals surface area contributed by atoms with Crippen LogP contribution in [0.3, 0.4) is 0 Å². The fraction of sp³-hybridized carbons (Fsp3) is 0.545. The predicted octanol–water partition coefficient (Wildman–Crippen LogP) is 5.22. The van der Waals surface area contributed by atoms with Crippen LogP contribution in [0.4, 0.5) is 21.8 Å². The van der Waals surface area contributed by atoms with E-state index in [1.807, 2.05) is 41.4 Å². The largest absolute Gasteiger partial charge is 0.393 e. The minimum Gasteiger partial charge on any atom is -0.393 e. The number of likely N-dealkylation sites (tertiary alicyclic amines) is 1. The Kier molecular flexibility index (Phi) is 12.7. The topological polar surface area (TPSA) is 170 Å². The van der Waals surface area contributed by atoms with Crippen molar-refractivity contribution in [1.29, 1.82) is 5.41 Å². The number of hydrogen-bond donors (Lipinski definition) is 5. The zero-order valence-electron chi connectivity index (χ0n) is 34.6. The highest BCUT2D eigenvalue weighted by Gasteiger charge is 2.61. The fourth-order valence-corrected chi connectivity index (χ4v) is 10.5. The lowest BCUT2D eigenvalue weighted by molar-refractivity contribution is -0.122. The zero-order valence-corrected chi connectivity index (χ0v) is 35.4. The van der Waals surface area contributed by atoms with Crippen LogP contribution in [0.1, 0.15) is 98.8 Å². The van der Waals surface area contributed by atoms with E-state index < -0.39 is 5.41 Å². The summed E-state index contributed by atoms with van der Waals surface area (Å²) in [6, 6.07) is 11.8. The van der Waals surface area contributed by atoms with E-state index in [1.165, 1.54) is 16.8 Å². The summed E-state index contributed by atoms with van der Waals surface area (Å²) in [5.41, 5.74) is 3.67. The van der Waals surface area contributed by atoms with Gasteiger partial charge in [-0.15, -0.1) is 0 Å². The van der Waals surface area contributed by atoms with Gasteiger partial charge >= 0.3 is 0 Å². The van der Waals surface area contributed by atoms with E-state index in [-0.39, 0.29) is 54.6 Å². The van der Waals surface area contributed by atoms with Crippen molar-refractivity contribution in [2.24, 2.45) is 0 Å². The first kappa shape index (κ1) is 42.1. The number of aliphatic hydroxyl groups is 1. The summed E-state index contributed by atoms with van der Waals surface area (Å²) in [6.45, 7) is 3.89. The maximum Gasteiger partial charge on any atom is 0.239 e. The van der Waals surface area contributed by atoms with Gasteiger partial charge in [-0.05, 0) is 119 Å². The number of aliphatic hydroxyl groups excluding tert-OH is 1. The van der Waals surface area contributed by atoms with Gasteiger partial charge in [-0.25, -0.2) is 13.7 Å². The maximum absolute atomic E-state index is 16.0. The quantitative estimate of drug-likeness (QED) is 0.0625. The van der Waals surface area contributed by atoms with E-state index >= 15 is 4.39 Å². The molecule has 3 amide bonds. The van der Waals surface area contributed by atoms with Crippen molar-refractivity contribution in [3.8, 4) is 0 Å². The molecule has 14 nitrogen and oxygen atoms in total. The SMILES string of the molecule is CNC(=O)CCN(C=O)C(=N)c1ccc(C2CCN(Cc3cccc(SN4CCC(Nc5ncc6c(n5)N(C5CCC[C@@H](O)C5)C(=O)C65CC5)CC4)c3F)CC2)cc1NC. The van der Waals surface area contributed by atoms with E-state index in [0.29, 0.717) is 47.3 Å². The standard InChI is InChI=1S/C44H57FN10O4S/c1-47-36-23-29(9-10-34(36)40(46)53(27-56)20-15-38(58)48-2)28-11-18-52(19-12-28)26-30-5-3-8-37(39(30)45)60-54-21-13-31(14-22-54)50-43-49-25-35-41(51-43)55(42(59)44(35)16-17-44)32-6-4-7-33(57)24-32/h3,5,8-10,23,25,27-28,31-33,46-47,57H,4,6-7,11-22,24,26H2,1-2H3,(H,48,58)(H,49,50,51)/t32?,33-/m1/s1. The number of rotatable bonds is 14. The second kappa shape index (κ2) is 18.1. The molecule has 1 spiro atoms. The van der Waals surface area contributed by atoms with Crippen LogP contribution in [0.5, 0.6) is 0 Å². The van der Waals surface area contributed by atoms with Gasteiger partial charge < -0.3 is 21.1 Å². The fourth-order valence-electron chi connectivity index (χ4n) is 9.50. The third-order valence-electron chi connectivity index (χ3n) is 13.2. The molecule has 2 saturated carbocycles. The molecule has 16 heteroatoms. The Balaban J connectivity index is 0.823. The van der Waals surface area contributed by atoms with Crippen molar-refractivity contribution in [2.45, 2.75) is 112 Å². The van der Waals surface area contributed by atoms with Gasteiger partial charge in [0.15, 0.2) is 0 Å². The molecular weight excluding hydrogens is 784 g/mol. The van der Waals surface area contributed by atoms with Crippen LogP contribution < -0.4 is 20.9 Å². The van der Waals surface area contributed by atoms with Crippen LogP contribution in [0.2, 0.25) is 0 Å². The molecule has 5 aliphatic rings. The Bertz CT molecular complexity index is 2090. The van der Waals surface area contributed by atoms with Crippen molar-refractivity contribution in [2.75, 3.05) is 62.4 Å². The lowest BCUT2D eigenvalue weighted by atomic mass is 9.88. The Morgan fingerprint density at radius 3 is 2.57 bits per heavy atom. The molecule has 60 heavy (non-hydrogen) atoms. The molecule has 5 N–H and O–H groups in total. The average Bonchev–Trinajstić information content (AvgIpc) is 4.04. The number of halogens is 1. The number of carbonyl (C=O) groups is 3. The number of amidine groups is 1. The van der Waals surface area contributed by atoms with Crippen LogP contribution in [0.25, 0.3) is 0 Å². The van der Waals surface area contributed by atoms with Gasteiger partial charge in [-0.1, -0.05) is 18.2 Å². The number of amides is 3. The molecule has 2 atom stereocenters. The average molecular weight is 841 g/mol. The highest BCUT2D eigenvalue weighted by molar-refractivity contribution is 7.97. The van der Waals surface area contributed by atoms with Crippen molar-refractivity contribution in [3.63, 3.8) is 0 Å². The number of benzene rings is 2. The molecular formula is C44H57FN10O4S. The van der Waals surface area contributed by atoms with Crippen molar-refractivity contribution >= 4 is 53.5 Å². The van der Waals surface area contributed by atoms with Crippen LogP contribution in [-0.4, -0.2) is 118 Å². The minimum absolute atomic E-state index is 0.0293. The zero-order chi connectivity index (χ0) is 42.0. The lowest BCUT2D eigenvalue weighted by Crippen LogP contribution is -2.44. The van der Waals surface area contributed by atoms with Gasteiger partial charge in [0.05, 0.1) is 16.4 Å². The molecule has 2 aliphatic carbocycles. The third kappa shape index (κ3) is 8.74. The highest BCUT2D eigenvalue weighted by atomic mass is 32.2. The Hall–Kier alpha value is -4.64. The molecule has 2 aromatic carbocycles. The highest BCUT2D eigenvalue weighted by Crippen LogP contribution is 2.57. The molecule has 1 unspecified atom stereocenters. The summed E-state index contributed by atoms with van der Waals surface area (Å²) in [7, 11) is 3.34. The summed E-state index contributed by atoms with van der Waals surface area (Å²) in [5.74, 6) is 1.38. The first-order valence-electron chi connectivity index (χ1n) is 21.5. The van der Waals surface area contributed by atoms with Gasteiger partial charge in [0.1, 0.15) is 17.5 Å². The molecule has 1 aromatic heterocycles. The molecule has 8 rings (SSSR count). The second-order valence-corrected chi connectivity index (χ2v) is 18.1. The summed E-state index contributed by atoms with van der Waals surface area (Å²) in [5, 5.41) is 28.3. The van der Waals surface area contributed by atoms with Gasteiger partial charge in [0.2, 0.25) is 24.2 Å².